The third kappa shape index (κ3) is 3.15. The number of benzene rings is 2. The van der Waals surface area contributed by atoms with Crippen molar-refractivity contribution < 1.29 is 0 Å². The molecule has 3 aromatic carbocycles. The minimum absolute atomic E-state index is 0.298. The van der Waals surface area contributed by atoms with Crippen molar-refractivity contribution in [3.8, 4) is 6.07 Å². The van der Waals surface area contributed by atoms with Gasteiger partial charge in [-0.05, 0) is 42.8 Å². The molecule has 0 heterocycles. The van der Waals surface area contributed by atoms with E-state index >= 15 is 0 Å². The molecule has 5 nitrogen and oxygen atoms in total. The van der Waals surface area contributed by atoms with Crippen LogP contribution in [0.15, 0.2) is 64.2 Å². The lowest BCUT2D eigenvalue weighted by atomic mass is 10.1. The molecule has 0 saturated carbocycles. The maximum absolute atomic E-state index is 12.2. The van der Waals surface area contributed by atoms with Crippen LogP contribution in [0.5, 0.6) is 0 Å². The van der Waals surface area contributed by atoms with E-state index in [9.17, 15) is 9.59 Å². The highest BCUT2D eigenvalue weighted by Crippen LogP contribution is 2.30. The third-order valence-corrected chi connectivity index (χ3v) is 3.95. The summed E-state index contributed by atoms with van der Waals surface area (Å²) in [6.45, 7) is 2.66. The van der Waals surface area contributed by atoms with E-state index in [1.165, 1.54) is 0 Å². The molecule has 0 spiro atoms. The summed E-state index contributed by atoms with van der Waals surface area (Å²) in [5.74, 6) is 0. The molecule has 0 aromatic heterocycles. The zero-order valence-electron chi connectivity index (χ0n) is 13.8. The molecule has 0 radical (unpaired) electrons. The summed E-state index contributed by atoms with van der Waals surface area (Å²) in [6.07, 6.45) is 0.837. The zero-order valence-corrected chi connectivity index (χ0v) is 13.8. The van der Waals surface area contributed by atoms with Crippen LogP contribution in [0.25, 0.3) is 0 Å². The van der Waals surface area contributed by atoms with Gasteiger partial charge in [-0.25, -0.2) is 0 Å². The lowest BCUT2D eigenvalue weighted by Gasteiger charge is -2.27. The minimum Gasteiger partial charge on any atom is -0.350 e. The fourth-order valence-electron chi connectivity index (χ4n) is 2.73. The highest BCUT2D eigenvalue weighted by Gasteiger charge is 2.26. The van der Waals surface area contributed by atoms with Crippen molar-refractivity contribution in [1.29, 1.82) is 5.26 Å². The second kappa shape index (κ2) is 7.02. The van der Waals surface area contributed by atoms with Crippen molar-refractivity contribution in [2.75, 3.05) is 16.8 Å². The summed E-state index contributed by atoms with van der Waals surface area (Å²) < 4.78 is 0. The van der Waals surface area contributed by atoms with Gasteiger partial charge in [-0.15, -0.1) is 0 Å². The third-order valence-electron chi connectivity index (χ3n) is 3.95. The van der Waals surface area contributed by atoms with Gasteiger partial charge in [0.05, 0.1) is 11.6 Å². The summed E-state index contributed by atoms with van der Waals surface area (Å²) in [5, 5.41) is 11.9. The van der Waals surface area contributed by atoms with Crippen LogP contribution in [0.2, 0.25) is 0 Å². The maximum atomic E-state index is 12.2. The molecule has 1 N–H and O–H groups in total. The van der Waals surface area contributed by atoms with Crippen LogP contribution in [-0.4, -0.2) is 6.54 Å². The Balaban J connectivity index is 1.97. The Morgan fingerprint density at radius 3 is 2.28 bits per heavy atom. The van der Waals surface area contributed by atoms with Crippen LogP contribution < -0.4 is 21.1 Å². The molecule has 25 heavy (non-hydrogen) atoms. The number of nitrogens with one attached hydrogen (secondary N) is 1. The lowest BCUT2D eigenvalue weighted by molar-refractivity contribution is 0.879. The molecule has 124 valence electrons. The SMILES string of the molecule is CCCN(c1ccccc1)c1c(Nc2ccc(C#N)cc2)c(=O)c1=O. The van der Waals surface area contributed by atoms with Gasteiger partial charge in [0.15, 0.2) is 0 Å². The molecule has 3 rings (SSSR count). The predicted molar refractivity (Wildman–Crippen MR) is 99.5 cm³/mol. The van der Waals surface area contributed by atoms with Crippen LogP contribution in [0.3, 0.4) is 0 Å². The van der Waals surface area contributed by atoms with Gasteiger partial charge < -0.3 is 10.2 Å². The average Bonchev–Trinajstić information content (AvgIpc) is 2.67. The molecule has 0 aliphatic heterocycles. The normalized spacial score (nSPS) is 10.4. The van der Waals surface area contributed by atoms with E-state index in [-0.39, 0.29) is 0 Å². The molecule has 0 bridgehead atoms. The van der Waals surface area contributed by atoms with Crippen molar-refractivity contribution in [1.82, 2.24) is 0 Å². The molecular weight excluding hydrogens is 314 g/mol. The highest BCUT2D eigenvalue weighted by molar-refractivity contribution is 5.83. The second-order valence-corrected chi connectivity index (χ2v) is 5.68. The maximum Gasteiger partial charge on any atom is 0.253 e. The lowest BCUT2D eigenvalue weighted by Crippen LogP contribution is -2.40. The molecule has 0 unspecified atom stereocenters. The summed E-state index contributed by atoms with van der Waals surface area (Å²) in [6, 6.07) is 18.3. The minimum atomic E-state index is -0.517. The Labute approximate surface area is 145 Å². The van der Waals surface area contributed by atoms with Gasteiger partial charge in [-0.1, -0.05) is 25.1 Å². The van der Waals surface area contributed by atoms with E-state index in [0.717, 1.165) is 12.1 Å². The molecular formula is C20H17N3O2. The first kappa shape index (κ1) is 16.5. The molecule has 0 saturated heterocycles. The van der Waals surface area contributed by atoms with E-state index in [2.05, 4.69) is 5.32 Å². The number of anilines is 4. The summed E-state index contributed by atoms with van der Waals surface area (Å²) in [4.78, 5) is 26.2. The van der Waals surface area contributed by atoms with Gasteiger partial charge in [-0.3, -0.25) is 9.59 Å². The van der Waals surface area contributed by atoms with Gasteiger partial charge in [0.2, 0.25) is 0 Å². The van der Waals surface area contributed by atoms with Crippen molar-refractivity contribution in [3.63, 3.8) is 0 Å². The standard InChI is InChI=1S/C20H17N3O2/c1-2-12-23(16-6-4-3-5-7-16)18-17(19(24)20(18)25)22-15-10-8-14(13-21)9-11-15/h3-11,22H,2,12H2,1H3. The molecule has 0 fully saturated rings. The highest BCUT2D eigenvalue weighted by atomic mass is 16.2. The van der Waals surface area contributed by atoms with Crippen LogP contribution in [0, 0.1) is 11.3 Å². The number of rotatable bonds is 6. The van der Waals surface area contributed by atoms with Crippen molar-refractivity contribution in [3.05, 3.63) is 80.6 Å². The molecule has 0 atom stereocenters. The fourth-order valence-corrected chi connectivity index (χ4v) is 2.73. The van der Waals surface area contributed by atoms with Crippen molar-refractivity contribution in [2.24, 2.45) is 0 Å². The van der Waals surface area contributed by atoms with E-state index in [4.69, 9.17) is 5.26 Å². The smallest absolute Gasteiger partial charge is 0.253 e. The van der Waals surface area contributed by atoms with Gasteiger partial charge in [0.1, 0.15) is 11.4 Å². The Hall–Kier alpha value is -3.39. The number of hydrogen-bond acceptors (Lipinski definition) is 5. The zero-order chi connectivity index (χ0) is 17.8. The summed E-state index contributed by atoms with van der Waals surface area (Å²) in [5.41, 5.74) is 1.77. The topological polar surface area (TPSA) is 73.2 Å². The fraction of sp³-hybridized carbons (Fsp3) is 0.150. The Morgan fingerprint density at radius 1 is 1.00 bits per heavy atom. The molecule has 5 heteroatoms. The van der Waals surface area contributed by atoms with Gasteiger partial charge in [0.25, 0.3) is 10.9 Å². The molecule has 0 amide bonds. The monoisotopic (exact) mass is 331 g/mol. The van der Waals surface area contributed by atoms with Crippen LogP contribution in [0.1, 0.15) is 18.9 Å². The average molecular weight is 331 g/mol. The Bertz CT molecular complexity index is 979. The number of hydrogen-bond donors (Lipinski definition) is 1. The summed E-state index contributed by atoms with van der Waals surface area (Å²) >= 11 is 0. The van der Waals surface area contributed by atoms with Gasteiger partial charge in [0, 0.05) is 17.9 Å². The van der Waals surface area contributed by atoms with Crippen LogP contribution in [-0.2, 0) is 0 Å². The quantitative estimate of drug-likeness (QED) is 0.700. The van der Waals surface area contributed by atoms with Crippen LogP contribution >= 0.6 is 0 Å². The molecule has 3 aromatic rings. The summed E-state index contributed by atoms with van der Waals surface area (Å²) in [7, 11) is 0. The van der Waals surface area contributed by atoms with E-state index in [1.807, 2.05) is 48.2 Å². The van der Waals surface area contributed by atoms with Gasteiger partial charge in [-0.2, -0.15) is 5.26 Å². The van der Waals surface area contributed by atoms with E-state index in [1.54, 1.807) is 24.3 Å². The van der Waals surface area contributed by atoms with Crippen molar-refractivity contribution >= 4 is 22.7 Å². The number of nitriles is 1. The van der Waals surface area contributed by atoms with E-state index in [0.29, 0.717) is 29.2 Å². The van der Waals surface area contributed by atoms with Gasteiger partial charge >= 0.3 is 0 Å². The van der Waals surface area contributed by atoms with Crippen molar-refractivity contribution in [2.45, 2.75) is 13.3 Å². The Kier molecular flexibility index (Phi) is 4.62. The second-order valence-electron chi connectivity index (χ2n) is 5.68. The number of nitrogens with zero attached hydrogens (tertiary/aromatic N) is 2. The first-order chi connectivity index (χ1) is 12.2. The largest absolute Gasteiger partial charge is 0.350 e. The van der Waals surface area contributed by atoms with E-state index < -0.39 is 10.9 Å². The van der Waals surface area contributed by atoms with Crippen LogP contribution in [0.4, 0.5) is 22.7 Å². The molecule has 0 aliphatic carbocycles. The number of para-hydroxylation sites is 1. The first-order valence-corrected chi connectivity index (χ1v) is 8.08. The molecule has 0 aliphatic rings. The Morgan fingerprint density at radius 2 is 1.68 bits per heavy atom. The predicted octanol–water partition coefficient (Wildman–Crippen LogP) is 3.45. The first-order valence-electron chi connectivity index (χ1n) is 8.08.